The van der Waals surface area contributed by atoms with Crippen LogP contribution in [0.4, 0.5) is 4.79 Å². The molecule has 140 valence electrons. The van der Waals surface area contributed by atoms with Gasteiger partial charge in [-0.05, 0) is 50.5 Å². The number of carbonyl (C=O) groups is 1. The minimum atomic E-state index is -0.0205. The lowest BCUT2D eigenvalue weighted by atomic mass is 10.0. The Kier molecular flexibility index (Phi) is 5.05. The molecule has 2 N–H and O–H groups in total. The van der Waals surface area contributed by atoms with Crippen LogP contribution in [0.25, 0.3) is 11.0 Å². The highest BCUT2D eigenvalue weighted by Crippen LogP contribution is 2.30. The SMILES string of the molecule is Cc1cccc(CCNC(=O)N2CCCCC2c2nc3ccccc3[nH]2)n1. The van der Waals surface area contributed by atoms with Crippen LogP contribution in [0.1, 0.15) is 42.5 Å². The molecule has 3 aromatic rings. The van der Waals surface area contributed by atoms with Crippen LogP contribution in [-0.4, -0.2) is 39.0 Å². The van der Waals surface area contributed by atoms with Crippen LogP contribution in [0, 0.1) is 6.92 Å². The summed E-state index contributed by atoms with van der Waals surface area (Å²) in [6.07, 6.45) is 3.81. The first-order chi connectivity index (χ1) is 13.2. The van der Waals surface area contributed by atoms with Gasteiger partial charge in [0.1, 0.15) is 5.82 Å². The van der Waals surface area contributed by atoms with E-state index in [0.29, 0.717) is 6.54 Å². The fourth-order valence-electron chi connectivity index (χ4n) is 3.73. The van der Waals surface area contributed by atoms with E-state index in [1.54, 1.807) is 0 Å². The van der Waals surface area contributed by atoms with Gasteiger partial charge in [-0.15, -0.1) is 0 Å². The van der Waals surface area contributed by atoms with Crippen molar-refractivity contribution in [3.8, 4) is 0 Å². The lowest BCUT2D eigenvalue weighted by Gasteiger charge is -2.34. The number of rotatable bonds is 4. The van der Waals surface area contributed by atoms with Crippen molar-refractivity contribution in [2.75, 3.05) is 13.1 Å². The second kappa shape index (κ2) is 7.78. The van der Waals surface area contributed by atoms with Gasteiger partial charge in [-0.25, -0.2) is 9.78 Å². The molecule has 0 spiro atoms. The summed E-state index contributed by atoms with van der Waals surface area (Å²) in [6.45, 7) is 3.32. The highest BCUT2D eigenvalue weighted by molar-refractivity contribution is 5.76. The highest BCUT2D eigenvalue weighted by atomic mass is 16.2. The van der Waals surface area contributed by atoms with Crippen molar-refractivity contribution in [2.24, 2.45) is 0 Å². The van der Waals surface area contributed by atoms with Crippen LogP contribution < -0.4 is 5.32 Å². The molecule has 1 unspecified atom stereocenters. The monoisotopic (exact) mass is 363 g/mol. The number of nitrogens with one attached hydrogen (secondary N) is 2. The van der Waals surface area contributed by atoms with Gasteiger partial charge < -0.3 is 15.2 Å². The first kappa shape index (κ1) is 17.5. The van der Waals surface area contributed by atoms with E-state index in [1.807, 2.05) is 54.3 Å². The molecule has 3 heterocycles. The number of aromatic nitrogens is 3. The average molecular weight is 363 g/mol. The zero-order valence-corrected chi connectivity index (χ0v) is 15.6. The van der Waals surface area contributed by atoms with Gasteiger partial charge in [-0.2, -0.15) is 0 Å². The van der Waals surface area contributed by atoms with Gasteiger partial charge in [0.2, 0.25) is 0 Å². The Labute approximate surface area is 159 Å². The molecule has 0 bridgehead atoms. The number of aryl methyl sites for hydroxylation is 1. The second-order valence-corrected chi connectivity index (χ2v) is 7.10. The van der Waals surface area contributed by atoms with Gasteiger partial charge in [0, 0.05) is 30.9 Å². The van der Waals surface area contributed by atoms with Crippen molar-refractivity contribution in [3.05, 3.63) is 59.7 Å². The molecule has 27 heavy (non-hydrogen) atoms. The number of benzene rings is 1. The summed E-state index contributed by atoms with van der Waals surface area (Å²) in [5.74, 6) is 0.881. The number of imidazole rings is 1. The third-order valence-corrected chi connectivity index (χ3v) is 5.09. The van der Waals surface area contributed by atoms with Crippen LogP contribution in [-0.2, 0) is 6.42 Å². The molecule has 0 saturated carbocycles. The van der Waals surface area contributed by atoms with Crippen molar-refractivity contribution in [1.29, 1.82) is 0 Å². The molecule has 4 rings (SSSR count). The Balaban J connectivity index is 1.42. The minimum absolute atomic E-state index is 0.00300. The second-order valence-electron chi connectivity index (χ2n) is 7.10. The van der Waals surface area contributed by atoms with Gasteiger partial charge in [-0.1, -0.05) is 18.2 Å². The Hall–Kier alpha value is -2.89. The maximum atomic E-state index is 12.8. The van der Waals surface area contributed by atoms with E-state index in [-0.39, 0.29) is 12.1 Å². The summed E-state index contributed by atoms with van der Waals surface area (Å²) in [4.78, 5) is 27.3. The van der Waals surface area contributed by atoms with Gasteiger partial charge in [-0.3, -0.25) is 4.98 Å². The number of aromatic amines is 1. The molecule has 1 aliphatic rings. The van der Waals surface area contributed by atoms with Crippen LogP contribution in [0.5, 0.6) is 0 Å². The van der Waals surface area contributed by atoms with E-state index in [2.05, 4.69) is 15.3 Å². The number of urea groups is 1. The van der Waals surface area contributed by atoms with E-state index in [1.165, 1.54) is 0 Å². The van der Waals surface area contributed by atoms with Gasteiger partial charge >= 0.3 is 6.03 Å². The number of pyridine rings is 1. The fourth-order valence-corrected chi connectivity index (χ4v) is 3.73. The molecule has 1 aliphatic heterocycles. The fraction of sp³-hybridized carbons (Fsp3) is 0.381. The highest BCUT2D eigenvalue weighted by Gasteiger charge is 2.30. The standard InChI is InChI=1S/C21H25N5O/c1-15-7-6-8-16(23-15)12-13-22-21(27)26-14-5-4-11-19(26)20-24-17-9-2-3-10-18(17)25-20/h2-3,6-10,19H,4-5,11-14H2,1H3,(H,22,27)(H,24,25). The number of piperidine rings is 1. The molecule has 6 nitrogen and oxygen atoms in total. The maximum Gasteiger partial charge on any atom is 0.318 e. The summed E-state index contributed by atoms with van der Waals surface area (Å²) in [7, 11) is 0. The van der Waals surface area contributed by atoms with Crippen molar-refractivity contribution in [3.63, 3.8) is 0 Å². The van der Waals surface area contributed by atoms with Crippen LogP contribution in [0.2, 0.25) is 0 Å². The largest absolute Gasteiger partial charge is 0.340 e. The molecule has 2 amide bonds. The number of H-pyrrole nitrogens is 1. The predicted molar refractivity (Wildman–Crippen MR) is 105 cm³/mol. The Bertz CT molecular complexity index is 902. The topological polar surface area (TPSA) is 73.9 Å². The van der Waals surface area contributed by atoms with E-state index in [4.69, 9.17) is 4.98 Å². The minimum Gasteiger partial charge on any atom is -0.340 e. The van der Waals surface area contributed by atoms with E-state index < -0.39 is 0 Å². The van der Waals surface area contributed by atoms with Crippen LogP contribution >= 0.6 is 0 Å². The number of hydrogen-bond donors (Lipinski definition) is 2. The average Bonchev–Trinajstić information content (AvgIpc) is 3.12. The number of carbonyl (C=O) groups excluding carboxylic acids is 1. The molecule has 0 radical (unpaired) electrons. The number of likely N-dealkylation sites (tertiary alicyclic amines) is 1. The summed E-state index contributed by atoms with van der Waals surface area (Å²) in [5, 5.41) is 3.06. The van der Waals surface area contributed by atoms with E-state index >= 15 is 0 Å². The van der Waals surface area contributed by atoms with Crippen LogP contribution in [0.3, 0.4) is 0 Å². The first-order valence-electron chi connectivity index (χ1n) is 9.62. The number of para-hydroxylation sites is 2. The number of fused-ring (bicyclic) bond motifs is 1. The molecular formula is C21H25N5O. The summed E-state index contributed by atoms with van der Waals surface area (Å²) in [6, 6.07) is 14.0. The molecule has 1 saturated heterocycles. The summed E-state index contributed by atoms with van der Waals surface area (Å²) in [5.41, 5.74) is 3.97. The smallest absolute Gasteiger partial charge is 0.318 e. The van der Waals surface area contributed by atoms with Gasteiger partial charge in [0.25, 0.3) is 0 Å². The van der Waals surface area contributed by atoms with E-state index in [0.717, 1.165) is 60.5 Å². The maximum absolute atomic E-state index is 12.8. The van der Waals surface area contributed by atoms with Crippen molar-refractivity contribution in [2.45, 2.75) is 38.6 Å². The third kappa shape index (κ3) is 3.94. The number of hydrogen-bond acceptors (Lipinski definition) is 3. The molecule has 2 aromatic heterocycles. The van der Waals surface area contributed by atoms with Crippen molar-refractivity contribution >= 4 is 17.1 Å². The van der Waals surface area contributed by atoms with Crippen LogP contribution in [0.15, 0.2) is 42.5 Å². The molecule has 6 heteroatoms. The summed E-state index contributed by atoms with van der Waals surface area (Å²) < 4.78 is 0. The van der Waals surface area contributed by atoms with E-state index in [9.17, 15) is 4.79 Å². The van der Waals surface area contributed by atoms with Crippen molar-refractivity contribution in [1.82, 2.24) is 25.2 Å². The Morgan fingerprint density at radius 2 is 2.07 bits per heavy atom. The predicted octanol–water partition coefficient (Wildman–Crippen LogP) is 3.75. The van der Waals surface area contributed by atoms with Gasteiger partial charge in [0.05, 0.1) is 17.1 Å². The Morgan fingerprint density at radius 3 is 2.93 bits per heavy atom. The molecular weight excluding hydrogens is 338 g/mol. The number of nitrogens with zero attached hydrogens (tertiary/aromatic N) is 3. The lowest BCUT2D eigenvalue weighted by molar-refractivity contribution is 0.148. The Morgan fingerprint density at radius 1 is 1.19 bits per heavy atom. The molecule has 0 aliphatic carbocycles. The normalized spacial score (nSPS) is 17.2. The van der Waals surface area contributed by atoms with Crippen molar-refractivity contribution < 1.29 is 4.79 Å². The first-order valence-corrected chi connectivity index (χ1v) is 9.62. The lowest BCUT2D eigenvalue weighted by Crippen LogP contribution is -2.45. The molecule has 1 fully saturated rings. The van der Waals surface area contributed by atoms with Gasteiger partial charge in [0.15, 0.2) is 0 Å². The quantitative estimate of drug-likeness (QED) is 0.741. The third-order valence-electron chi connectivity index (χ3n) is 5.09. The zero-order chi connectivity index (χ0) is 18.6. The molecule has 1 atom stereocenters. The number of amides is 2. The zero-order valence-electron chi connectivity index (χ0n) is 15.6. The molecule has 1 aromatic carbocycles. The summed E-state index contributed by atoms with van der Waals surface area (Å²) >= 11 is 0.